The van der Waals surface area contributed by atoms with E-state index in [0.717, 1.165) is 0 Å². The number of oxazole rings is 1. The monoisotopic (exact) mass is 421 g/mol. The lowest BCUT2D eigenvalue weighted by Crippen LogP contribution is -2.20. The minimum absolute atomic E-state index is 0.131. The summed E-state index contributed by atoms with van der Waals surface area (Å²) in [5.41, 5.74) is 3.45. The van der Waals surface area contributed by atoms with E-state index in [0.29, 0.717) is 45.1 Å². The van der Waals surface area contributed by atoms with Crippen LogP contribution in [0.1, 0.15) is 25.3 Å². The average Bonchev–Trinajstić information content (AvgIpc) is 3.18. The highest BCUT2D eigenvalue weighted by Gasteiger charge is 2.13. The molecule has 0 fully saturated rings. The Morgan fingerprint density at radius 1 is 1.17 bits per heavy atom. The maximum Gasteiger partial charge on any atom is 0.262 e. The predicted octanol–water partition coefficient (Wildman–Crippen LogP) is 5.68. The summed E-state index contributed by atoms with van der Waals surface area (Å²) >= 11 is 6.25. The van der Waals surface area contributed by atoms with Crippen molar-refractivity contribution in [1.29, 1.82) is 0 Å². The van der Waals surface area contributed by atoms with Crippen LogP contribution in [0.3, 0.4) is 0 Å². The summed E-state index contributed by atoms with van der Waals surface area (Å²) in [6.45, 7) is 4.12. The van der Waals surface area contributed by atoms with Gasteiger partial charge in [-0.15, -0.1) is 0 Å². The Kier molecular flexibility index (Phi) is 5.68. The van der Waals surface area contributed by atoms with Gasteiger partial charge in [-0.25, -0.2) is 4.98 Å². The number of aromatic nitrogens is 2. The van der Waals surface area contributed by atoms with Gasteiger partial charge in [0.2, 0.25) is 5.89 Å². The lowest BCUT2D eigenvalue weighted by molar-refractivity contribution is -0.118. The number of benzene rings is 2. The third-order valence-electron chi connectivity index (χ3n) is 4.57. The van der Waals surface area contributed by atoms with Crippen molar-refractivity contribution in [2.24, 2.45) is 0 Å². The number of rotatable bonds is 6. The zero-order valence-electron chi connectivity index (χ0n) is 16.6. The van der Waals surface area contributed by atoms with E-state index in [1.54, 1.807) is 36.5 Å². The summed E-state index contributed by atoms with van der Waals surface area (Å²) in [7, 11) is 0. The van der Waals surface area contributed by atoms with Crippen molar-refractivity contribution in [2.75, 3.05) is 11.9 Å². The molecule has 0 saturated carbocycles. The molecule has 4 aromatic rings. The number of anilines is 1. The summed E-state index contributed by atoms with van der Waals surface area (Å²) < 4.78 is 11.3. The number of nitrogens with zero attached hydrogens (tertiary/aromatic N) is 2. The first kappa shape index (κ1) is 19.9. The van der Waals surface area contributed by atoms with Crippen molar-refractivity contribution < 1.29 is 13.9 Å². The number of fused-ring (bicyclic) bond motifs is 1. The number of carbonyl (C=O) groups is 1. The lowest BCUT2D eigenvalue weighted by atomic mass is 10.0. The van der Waals surface area contributed by atoms with Gasteiger partial charge in [-0.05, 0) is 53.9 Å². The Balaban J connectivity index is 1.44. The summed E-state index contributed by atoms with van der Waals surface area (Å²) in [5, 5.41) is 3.18. The fraction of sp³-hybridized carbons (Fsp3) is 0.174. The number of amides is 1. The Bertz CT molecular complexity index is 1150. The van der Waals surface area contributed by atoms with Crippen molar-refractivity contribution in [2.45, 2.75) is 19.8 Å². The van der Waals surface area contributed by atoms with E-state index in [1.165, 1.54) is 5.56 Å². The molecule has 0 bridgehead atoms. The molecule has 152 valence electrons. The van der Waals surface area contributed by atoms with Crippen LogP contribution >= 0.6 is 11.6 Å². The highest BCUT2D eigenvalue weighted by molar-refractivity contribution is 6.33. The highest BCUT2D eigenvalue weighted by Crippen LogP contribution is 2.30. The Morgan fingerprint density at radius 2 is 1.97 bits per heavy atom. The first-order valence-electron chi connectivity index (χ1n) is 9.53. The van der Waals surface area contributed by atoms with Gasteiger partial charge < -0.3 is 14.5 Å². The molecule has 0 spiro atoms. The van der Waals surface area contributed by atoms with Crippen LogP contribution in [0.15, 0.2) is 65.2 Å². The molecule has 1 N–H and O–H groups in total. The molecule has 2 heterocycles. The van der Waals surface area contributed by atoms with Crippen LogP contribution in [0.2, 0.25) is 5.02 Å². The quantitative estimate of drug-likeness (QED) is 0.433. The topological polar surface area (TPSA) is 77.2 Å². The van der Waals surface area contributed by atoms with Crippen LogP contribution in [-0.4, -0.2) is 22.5 Å². The Hall–Kier alpha value is -3.38. The van der Waals surface area contributed by atoms with Crippen molar-refractivity contribution in [1.82, 2.24) is 9.97 Å². The predicted molar refractivity (Wildman–Crippen MR) is 117 cm³/mol. The number of hydrogen-bond acceptors (Lipinski definition) is 5. The molecule has 0 radical (unpaired) electrons. The number of hydrogen-bond donors (Lipinski definition) is 1. The van der Waals surface area contributed by atoms with E-state index in [2.05, 4.69) is 29.1 Å². The van der Waals surface area contributed by atoms with Crippen LogP contribution in [0, 0.1) is 0 Å². The zero-order chi connectivity index (χ0) is 21.1. The number of ether oxygens (including phenoxy) is 1. The van der Waals surface area contributed by atoms with Gasteiger partial charge in [0.1, 0.15) is 5.75 Å². The largest absolute Gasteiger partial charge is 0.484 e. The van der Waals surface area contributed by atoms with Crippen LogP contribution in [0.4, 0.5) is 5.69 Å². The molecule has 6 nitrogen and oxygen atoms in total. The SMILES string of the molecule is CC(C)c1ccc(OCC(=O)Nc2cc(-c3nc4ncccc4o3)ccc2Cl)cc1. The van der Waals surface area contributed by atoms with Crippen molar-refractivity contribution in [3.63, 3.8) is 0 Å². The van der Waals surface area contributed by atoms with E-state index in [-0.39, 0.29) is 12.5 Å². The molecule has 0 saturated heterocycles. The lowest BCUT2D eigenvalue weighted by Gasteiger charge is -2.11. The summed E-state index contributed by atoms with van der Waals surface area (Å²) in [4.78, 5) is 20.9. The zero-order valence-corrected chi connectivity index (χ0v) is 17.3. The molecule has 2 aromatic carbocycles. The maximum atomic E-state index is 12.4. The number of nitrogens with one attached hydrogen (secondary N) is 1. The molecule has 4 rings (SSSR count). The third kappa shape index (κ3) is 4.44. The molecule has 0 aliphatic rings. The molecule has 0 unspecified atom stereocenters. The summed E-state index contributed by atoms with van der Waals surface area (Å²) in [6, 6.07) is 16.4. The van der Waals surface area contributed by atoms with Crippen LogP contribution < -0.4 is 10.1 Å². The highest BCUT2D eigenvalue weighted by atomic mass is 35.5. The second-order valence-electron chi connectivity index (χ2n) is 7.10. The number of carbonyl (C=O) groups excluding carboxylic acids is 1. The normalized spacial score (nSPS) is 11.1. The van der Waals surface area contributed by atoms with Crippen LogP contribution in [0.25, 0.3) is 22.7 Å². The fourth-order valence-electron chi connectivity index (χ4n) is 2.93. The van der Waals surface area contributed by atoms with E-state index in [9.17, 15) is 4.79 Å². The second kappa shape index (κ2) is 8.55. The standard InChI is InChI=1S/C23H20ClN3O3/c1-14(2)15-5-8-17(9-6-15)29-13-21(28)26-19-12-16(7-10-18(19)24)23-27-22-20(30-23)4-3-11-25-22/h3-12,14H,13H2,1-2H3,(H,26,28). The van der Waals surface area contributed by atoms with Crippen LogP contribution in [-0.2, 0) is 4.79 Å². The van der Waals surface area contributed by atoms with Gasteiger partial charge in [-0.3, -0.25) is 4.79 Å². The summed E-state index contributed by atoms with van der Waals surface area (Å²) in [5.74, 6) is 1.15. The number of halogens is 1. The van der Waals surface area contributed by atoms with Crippen LogP contribution in [0.5, 0.6) is 5.75 Å². The molecule has 1 amide bonds. The Labute approximate surface area is 178 Å². The Morgan fingerprint density at radius 3 is 2.70 bits per heavy atom. The van der Waals surface area contributed by atoms with Crippen molar-refractivity contribution in [3.05, 3.63) is 71.4 Å². The third-order valence-corrected chi connectivity index (χ3v) is 4.90. The van der Waals surface area contributed by atoms with Gasteiger partial charge in [-0.1, -0.05) is 37.6 Å². The molecule has 7 heteroatoms. The van der Waals surface area contributed by atoms with Gasteiger partial charge in [0, 0.05) is 11.8 Å². The minimum Gasteiger partial charge on any atom is -0.484 e. The molecular weight excluding hydrogens is 402 g/mol. The summed E-state index contributed by atoms with van der Waals surface area (Å²) in [6.07, 6.45) is 1.65. The first-order chi connectivity index (χ1) is 14.5. The molecule has 30 heavy (non-hydrogen) atoms. The maximum absolute atomic E-state index is 12.4. The van der Waals surface area contributed by atoms with Crippen molar-refractivity contribution in [3.8, 4) is 17.2 Å². The molecule has 2 aromatic heterocycles. The molecule has 0 atom stereocenters. The van der Waals surface area contributed by atoms with Gasteiger partial charge >= 0.3 is 0 Å². The van der Waals surface area contributed by atoms with Crippen molar-refractivity contribution >= 4 is 34.4 Å². The number of pyridine rings is 1. The first-order valence-corrected chi connectivity index (χ1v) is 9.91. The van der Waals surface area contributed by atoms with E-state index >= 15 is 0 Å². The van der Waals surface area contributed by atoms with E-state index in [4.69, 9.17) is 20.8 Å². The smallest absolute Gasteiger partial charge is 0.262 e. The van der Waals surface area contributed by atoms with E-state index in [1.807, 2.05) is 24.3 Å². The van der Waals surface area contributed by atoms with Gasteiger partial charge in [-0.2, -0.15) is 4.98 Å². The van der Waals surface area contributed by atoms with E-state index < -0.39 is 0 Å². The molecule has 0 aliphatic heterocycles. The van der Waals surface area contributed by atoms with Gasteiger partial charge in [0.15, 0.2) is 17.8 Å². The average molecular weight is 422 g/mol. The molecular formula is C23H20ClN3O3. The van der Waals surface area contributed by atoms with Gasteiger partial charge in [0.05, 0.1) is 10.7 Å². The minimum atomic E-state index is -0.318. The molecule has 0 aliphatic carbocycles. The van der Waals surface area contributed by atoms with Gasteiger partial charge in [0.25, 0.3) is 5.91 Å². The second-order valence-corrected chi connectivity index (χ2v) is 7.51. The fourth-order valence-corrected chi connectivity index (χ4v) is 3.10.